The predicted molar refractivity (Wildman–Crippen MR) is 172 cm³/mol. The van der Waals surface area contributed by atoms with E-state index in [1.54, 1.807) is 13.8 Å². The first-order valence-electron chi connectivity index (χ1n) is 16.1. The molecule has 272 valence electrons. The Morgan fingerprint density at radius 3 is 0.875 bits per heavy atom. The van der Waals surface area contributed by atoms with Crippen molar-refractivity contribution in [3.63, 3.8) is 0 Å². The Hall–Kier alpha value is -4.00. The summed E-state index contributed by atoms with van der Waals surface area (Å²) in [6.45, 7) is 8.07. The molecular formula is C30H52N8O10. The van der Waals surface area contributed by atoms with Gasteiger partial charge in [-0.05, 0) is 27.7 Å². The van der Waals surface area contributed by atoms with Gasteiger partial charge < -0.3 is 30.7 Å². The third-order valence-electron chi connectivity index (χ3n) is 6.94. The van der Waals surface area contributed by atoms with Crippen molar-refractivity contribution in [2.75, 3.05) is 118 Å². The van der Waals surface area contributed by atoms with Crippen LogP contribution in [0.3, 0.4) is 0 Å². The molecule has 0 aliphatic carbocycles. The molecule has 4 amide bonds. The highest BCUT2D eigenvalue weighted by Crippen LogP contribution is 2.02. The number of amides is 4. The van der Waals surface area contributed by atoms with Crippen LogP contribution < -0.4 is 21.3 Å². The smallest absolute Gasteiger partial charge is 0.325 e. The van der Waals surface area contributed by atoms with Gasteiger partial charge in [0.25, 0.3) is 0 Å². The maximum Gasteiger partial charge on any atom is 0.325 e. The molecule has 0 aromatic heterocycles. The van der Waals surface area contributed by atoms with Crippen molar-refractivity contribution in [2.24, 2.45) is 0 Å². The first-order valence-corrected chi connectivity index (χ1v) is 16.1. The van der Waals surface area contributed by atoms with Crippen LogP contribution in [0.1, 0.15) is 27.7 Å². The molecule has 1 aliphatic heterocycles. The summed E-state index contributed by atoms with van der Waals surface area (Å²) >= 11 is 0. The topological polar surface area (TPSA) is 216 Å². The predicted octanol–water partition coefficient (Wildman–Crippen LogP) is -4.02. The zero-order valence-corrected chi connectivity index (χ0v) is 28.6. The van der Waals surface area contributed by atoms with Crippen LogP contribution in [-0.2, 0) is 47.8 Å². The van der Waals surface area contributed by atoms with E-state index in [9.17, 15) is 38.4 Å². The van der Waals surface area contributed by atoms with Crippen molar-refractivity contribution >= 4 is 47.1 Å². The van der Waals surface area contributed by atoms with E-state index in [0.29, 0.717) is 52.4 Å². The fourth-order valence-electron chi connectivity index (χ4n) is 4.46. The van der Waals surface area contributed by atoms with Crippen LogP contribution in [0.25, 0.3) is 0 Å². The molecule has 48 heavy (non-hydrogen) atoms. The number of carbonyl (C=O) groups excluding carboxylic acids is 8. The second kappa shape index (κ2) is 24.2. The molecule has 0 aromatic rings. The van der Waals surface area contributed by atoms with Gasteiger partial charge in [-0.15, -0.1) is 0 Å². The average molecular weight is 685 g/mol. The van der Waals surface area contributed by atoms with Crippen LogP contribution in [0.4, 0.5) is 0 Å². The third kappa shape index (κ3) is 21.0. The van der Waals surface area contributed by atoms with Gasteiger partial charge >= 0.3 is 11.9 Å². The number of ether oxygens (including phenoxy) is 2. The first kappa shape index (κ1) is 42.0. The molecule has 0 atom stereocenters. The molecule has 0 aromatic carbocycles. The summed E-state index contributed by atoms with van der Waals surface area (Å²) in [5.74, 6) is -3.07. The summed E-state index contributed by atoms with van der Waals surface area (Å²) in [4.78, 5) is 104. The number of carbonyl (C=O) groups is 8. The van der Waals surface area contributed by atoms with E-state index < -0.39 is 23.8 Å². The molecule has 18 heteroatoms. The van der Waals surface area contributed by atoms with Gasteiger partial charge in [-0.2, -0.15) is 0 Å². The molecule has 0 saturated carbocycles. The van der Waals surface area contributed by atoms with Gasteiger partial charge in [0.1, 0.15) is 24.7 Å². The van der Waals surface area contributed by atoms with Crippen LogP contribution in [-0.4, -0.2) is 185 Å². The Bertz CT molecular complexity index is 1020. The summed E-state index contributed by atoms with van der Waals surface area (Å²) in [6.07, 6.45) is 0. The maximum atomic E-state index is 12.7. The number of ketones is 2. The molecule has 1 fully saturated rings. The molecule has 0 unspecified atom stereocenters. The SMILES string of the molecule is CCOC(=O)CNC(=O)CN1CCN(CC(=O)NCC(C)=O)CCN(CC(=O)NCC(C)=O)CCN(CC(=O)NCC(=O)OCC)CC1. The molecular weight excluding hydrogens is 632 g/mol. The number of Topliss-reactive ketones (excluding diaryl/α,β-unsaturated/α-hetero) is 2. The second-order valence-electron chi connectivity index (χ2n) is 11.2. The Labute approximate surface area is 281 Å². The Balaban J connectivity index is 3.15. The van der Waals surface area contributed by atoms with Crippen LogP contribution >= 0.6 is 0 Å². The number of rotatable bonds is 18. The molecule has 0 radical (unpaired) electrons. The first-order chi connectivity index (χ1) is 22.8. The van der Waals surface area contributed by atoms with E-state index in [2.05, 4.69) is 21.3 Å². The van der Waals surface area contributed by atoms with Crippen molar-refractivity contribution in [1.29, 1.82) is 0 Å². The highest BCUT2D eigenvalue weighted by molar-refractivity contribution is 5.86. The van der Waals surface area contributed by atoms with Gasteiger partial charge in [0.15, 0.2) is 0 Å². The van der Waals surface area contributed by atoms with Crippen molar-refractivity contribution in [3.8, 4) is 0 Å². The van der Waals surface area contributed by atoms with E-state index >= 15 is 0 Å². The van der Waals surface area contributed by atoms with E-state index in [1.165, 1.54) is 13.8 Å². The Morgan fingerprint density at radius 2 is 0.667 bits per heavy atom. The Morgan fingerprint density at radius 1 is 0.438 bits per heavy atom. The van der Waals surface area contributed by atoms with Crippen LogP contribution in [0.5, 0.6) is 0 Å². The van der Waals surface area contributed by atoms with Crippen molar-refractivity contribution < 1.29 is 47.8 Å². The molecule has 18 nitrogen and oxygen atoms in total. The lowest BCUT2D eigenvalue weighted by Gasteiger charge is -2.33. The van der Waals surface area contributed by atoms with E-state index in [0.717, 1.165) is 0 Å². The van der Waals surface area contributed by atoms with Crippen LogP contribution in [0, 0.1) is 0 Å². The lowest BCUT2D eigenvalue weighted by molar-refractivity contribution is -0.144. The summed E-state index contributed by atoms with van der Waals surface area (Å²) in [5.41, 5.74) is 0. The molecule has 1 rings (SSSR count). The monoisotopic (exact) mass is 684 g/mol. The average Bonchev–Trinajstić information content (AvgIpc) is 3.02. The minimum Gasteiger partial charge on any atom is -0.465 e. The van der Waals surface area contributed by atoms with Crippen molar-refractivity contribution in [1.82, 2.24) is 40.9 Å². The van der Waals surface area contributed by atoms with Gasteiger partial charge in [-0.25, -0.2) is 0 Å². The second-order valence-corrected chi connectivity index (χ2v) is 11.2. The van der Waals surface area contributed by atoms with Crippen molar-refractivity contribution in [3.05, 3.63) is 0 Å². The molecule has 1 heterocycles. The molecule has 1 saturated heterocycles. The zero-order chi connectivity index (χ0) is 35.9. The fraction of sp³-hybridized carbons (Fsp3) is 0.733. The van der Waals surface area contributed by atoms with Gasteiger partial charge in [0.05, 0.1) is 52.5 Å². The lowest BCUT2D eigenvalue weighted by atomic mass is 10.3. The molecule has 0 spiro atoms. The number of nitrogens with one attached hydrogen (secondary N) is 4. The lowest BCUT2D eigenvalue weighted by Crippen LogP contribution is -2.52. The van der Waals surface area contributed by atoms with Crippen molar-refractivity contribution in [2.45, 2.75) is 27.7 Å². The maximum absolute atomic E-state index is 12.7. The van der Waals surface area contributed by atoms with Crippen LogP contribution in [0.2, 0.25) is 0 Å². The summed E-state index contributed by atoms with van der Waals surface area (Å²) in [7, 11) is 0. The summed E-state index contributed by atoms with van der Waals surface area (Å²) in [5, 5.41) is 10.2. The number of esters is 2. The summed E-state index contributed by atoms with van der Waals surface area (Å²) < 4.78 is 9.73. The zero-order valence-electron chi connectivity index (χ0n) is 28.6. The minimum atomic E-state index is -0.568. The van der Waals surface area contributed by atoms with Gasteiger partial charge in [0, 0.05) is 52.4 Å². The number of hydrogen-bond donors (Lipinski definition) is 4. The molecule has 0 bridgehead atoms. The van der Waals surface area contributed by atoms with Gasteiger partial charge in [0.2, 0.25) is 23.6 Å². The number of nitrogens with zero attached hydrogens (tertiary/aromatic N) is 4. The fourth-order valence-corrected chi connectivity index (χ4v) is 4.46. The van der Waals surface area contributed by atoms with E-state index in [1.807, 2.05) is 19.6 Å². The van der Waals surface area contributed by atoms with E-state index in [-0.39, 0.29) is 89.0 Å². The van der Waals surface area contributed by atoms with Gasteiger partial charge in [-0.3, -0.25) is 58.0 Å². The quantitative estimate of drug-likeness (QED) is 0.101. The minimum absolute atomic E-state index is 0.0344. The standard InChI is InChI=1S/C30H52N8O10/c1-5-47-29(45)17-33-27(43)21-37-11-9-35(19-25(41)31-15-23(3)39)7-8-36(20-26(42)32-16-24(4)40)10-12-38(14-13-37)22-28(44)34-18-30(46)48-6-2/h5-22H2,1-4H3,(H,31,41)(H,32,42)(H,33,43)(H,34,44). The largest absolute Gasteiger partial charge is 0.465 e. The summed E-state index contributed by atoms with van der Waals surface area (Å²) in [6, 6.07) is 0. The number of hydrogen-bond acceptors (Lipinski definition) is 14. The molecule has 1 aliphatic rings. The van der Waals surface area contributed by atoms with E-state index in [4.69, 9.17) is 9.47 Å². The molecule has 4 N–H and O–H groups in total. The van der Waals surface area contributed by atoms with Crippen LogP contribution in [0.15, 0.2) is 0 Å². The highest BCUT2D eigenvalue weighted by Gasteiger charge is 2.22. The van der Waals surface area contributed by atoms with Gasteiger partial charge in [-0.1, -0.05) is 0 Å². The third-order valence-corrected chi connectivity index (χ3v) is 6.94. The Kier molecular flexibility index (Phi) is 21.2. The highest BCUT2D eigenvalue weighted by atomic mass is 16.5. The normalized spacial score (nSPS) is 15.6.